The van der Waals surface area contributed by atoms with Crippen LogP contribution < -0.4 is 10.1 Å². The standard InChI is InChI=1S/C35H41F4N3O3/c1-21-4-13-29-28(18-40-32(44)35(37,38)39)30(14-15-33(21,29)2)34(3)17-22-19-42(41-31(22)16-23(34)20-43)25-7-11-27(12-8-25)45-26-9-5-24(36)6-10-26/h5-12,19,21,23,28-30,43H,4,13-18,20H2,1-3H3,(H,40,44)/t21-,23+,28-,29-,30-,33+,34-/m0/s1. The molecule has 2 saturated carbocycles. The summed E-state index contributed by atoms with van der Waals surface area (Å²) in [5.41, 5.74) is 2.45. The maximum atomic E-state index is 13.2. The summed E-state index contributed by atoms with van der Waals surface area (Å²) in [7, 11) is 0. The van der Waals surface area contributed by atoms with Gasteiger partial charge in [0.1, 0.15) is 17.3 Å². The SMILES string of the molecule is C[C@H]1CC[C@H]2[C@H](CNC(=O)C(F)(F)F)[C@@H]([C@@]3(C)Cc4cn(-c5ccc(Oc6ccc(F)cc6)cc5)nc4C[C@@H]3CO)CC[C@]12C. The Morgan fingerprint density at radius 2 is 1.67 bits per heavy atom. The van der Waals surface area contributed by atoms with Crippen molar-refractivity contribution < 1.29 is 32.2 Å². The first-order chi connectivity index (χ1) is 21.3. The van der Waals surface area contributed by atoms with E-state index in [9.17, 15) is 27.5 Å². The van der Waals surface area contributed by atoms with Crippen molar-refractivity contribution in [3.8, 4) is 17.2 Å². The molecule has 6 nitrogen and oxygen atoms in total. The molecule has 1 heterocycles. The summed E-state index contributed by atoms with van der Waals surface area (Å²) in [6.45, 7) is 6.64. The van der Waals surface area contributed by atoms with Crippen LogP contribution in [0.15, 0.2) is 54.7 Å². The van der Waals surface area contributed by atoms with E-state index in [0.717, 1.165) is 42.6 Å². The van der Waals surface area contributed by atoms with Crippen molar-refractivity contribution in [2.45, 2.75) is 65.5 Å². The molecular formula is C35H41F4N3O3. The number of hydrogen-bond donors (Lipinski definition) is 2. The number of carbonyl (C=O) groups excluding carboxylic acids is 1. The molecule has 0 aliphatic heterocycles. The molecule has 1 amide bonds. The number of aliphatic hydroxyl groups is 1. The molecule has 2 fully saturated rings. The van der Waals surface area contributed by atoms with E-state index >= 15 is 0 Å². The Morgan fingerprint density at radius 1 is 1.02 bits per heavy atom. The normalized spacial score (nSPS) is 31.2. The Kier molecular flexibility index (Phi) is 8.25. The minimum absolute atomic E-state index is 0.0117. The average molecular weight is 628 g/mol. The van der Waals surface area contributed by atoms with Gasteiger partial charge in [-0.15, -0.1) is 0 Å². The lowest BCUT2D eigenvalue weighted by Crippen LogP contribution is -2.55. The fourth-order valence-corrected chi connectivity index (χ4v) is 8.90. The maximum Gasteiger partial charge on any atom is 0.471 e. The number of hydrogen-bond acceptors (Lipinski definition) is 4. The van der Waals surface area contributed by atoms with E-state index in [0.29, 0.717) is 30.3 Å². The summed E-state index contributed by atoms with van der Waals surface area (Å²) < 4.78 is 60.5. The van der Waals surface area contributed by atoms with Gasteiger partial charge in [0, 0.05) is 19.3 Å². The number of amides is 1. The lowest BCUT2D eigenvalue weighted by Gasteiger charge is -2.56. The van der Waals surface area contributed by atoms with Gasteiger partial charge in [0.2, 0.25) is 0 Å². The Hall–Kier alpha value is -3.40. The molecule has 0 bridgehead atoms. The zero-order valence-electron chi connectivity index (χ0n) is 25.9. The van der Waals surface area contributed by atoms with E-state index in [4.69, 9.17) is 9.84 Å². The van der Waals surface area contributed by atoms with Crippen LogP contribution in [0.1, 0.15) is 57.7 Å². The molecule has 0 unspecified atom stereocenters. The summed E-state index contributed by atoms with van der Waals surface area (Å²) in [6.07, 6.45) is 2.10. The van der Waals surface area contributed by atoms with E-state index in [1.165, 1.54) is 12.1 Å². The van der Waals surface area contributed by atoms with E-state index in [1.807, 2.05) is 35.1 Å². The molecule has 242 valence electrons. The van der Waals surface area contributed by atoms with Crippen LogP contribution in [0.2, 0.25) is 0 Å². The fourth-order valence-electron chi connectivity index (χ4n) is 8.90. The molecular weight excluding hydrogens is 586 g/mol. The predicted octanol–water partition coefficient (Wildman–Crippen LogP) is 7.27. The number of halogens is 4. The number of nitrogens with one attached hydrogen (secondary N) is 1. The van der Waals surface area contributed by atoms with Gasteiger partial charge in [-0.25, -0.2) is 9.07 Å². The topological polar surface area (TPSA) is 76.4 Å². The summed E-state index contributed by atoms with van der Waals surface area (Å²) in [4.78, 5) is 11.9. The van der Waals surface area contributed by atoms with Crippen LogP contribution in [-0.2, 0) is 17.6 Å². The third-order valence-electron chi connectivity index (χ3n) is 11.7. The second-order valence-corrected chi connectivity index (χ2v) is 14.0. The van der Waals surface area contributed by atoms with Crippen molar-refractivity contribution in [1.29, 1.82) is 0 Å². The quantitative estimate of drug-likeness (QED) is 0.270. The number of fused-ring (bicyclic) bond motifs is 2. The van der Waals surface area contributed by atoms with Gasteiger partial charge in [0.15, 0.2) is 0 Å². The van der Waals surface area contributed by atoms with Crippen molar-refractivity contribution in [3.05, 3.63) is 71.8 Å². The van der Waals surface area contributed by atoms with Crippen LogP contribution in [0.25, 0.3) is 5.69 Å². The molecule has 45 heavy (non-hydrogen) atoms. The molecule has 2 aromatic carbocycles. The number of aliphatic hydroxyl groups excluding tert-OH is 1. The monoisotopic (exact) mass is 627 g/mol. The zero-order valence-corrected chi connectivity index (χ0v) is 25.9. The van der Waals surface area contributed by atoms with Gasteiger partial charge >= 0.3 is 12.1 Å². The highest BCUT2D eigenvalue weighted by Gasteiger charge is 2.58. The van der Waals surface area contributed by atoms with Gasteiger partial charge in [0.25, 0.3) is 0 Å². The summed E-state index contributed by atoms with van der Waals surface area (Å²) >= 11 is 0. The largest absolute Gasteiger partial charge is 0.471 e. The number of nitrogens with zero attached hydrogens (tertiary/aromatic N) is 2. The Balaban J connectivity index is 1.25. The second-order valence-electron chi connectivity index (χ2n) is 14.0. The number of aromatic nitrogens is 2. The highest BCUT2D eigenvalue weighted by Crippen LogP contribution is 2.63. The number of alkyl halides is 3. The molecule has 0 saturated heterocycles. The van der Waals surface area contributed by atoms with Gasteiger partial charge in [-0.05, 0) is 133 Å². The smallest absolute Gasteiger partial charge is 0.457 e. The van der Waals surface area contributed by atoms with Crippen LogP contribution in [-0.4, -0.2) is 40.1 Å². The van der Waals surface area contributed by atoms with Crippen molar-refractivity contribution >= 4 is 5.91 Å². The number of carbonyl (C=O) groups is 1. The van der Waals surface area contributed by atoms with E-state index in [-0.39, 0.29) is 53.5 Å². The highest BCUT2D eigenvalue weighted by atomic mass is 19.4. The molecule has 10 heteroatoms. The van der Waals surface area contributed by atoms with Crippen molar-refractivity contribution in [2.24, 2.45) is 40.4 Å². The Morgan fingerprint density at radius 3 is 2.31 bits per heavy atom. The number of ether oxygens (including phenoxy) is 1. The summed E-state index contributed by atoms with van der Waals surface area (Å²) in [6, 6.07) is 13.2. The lowest BCUT2D eigenvalue weighted by atomic mass is 9.49. The number of benzene rings is 2. The average Bonchev–Trinajstić information content (AvgIpc) is 3.55. The summed E-state index contributed by atoms with van der Waals surface area (Å²) in [5, 5.41) is 17.8. The van der Waals surface area contributed by atoms with Crippen LogP contribution >= 0.6 is 0 Å². The van der Waals surface area contributed by atoms with Crippen LogP contribution in [0, 0.1) is 46.2 Å². The number of rotatable bonds is 7. The van der Waals surface area contributed by atoms with Crippen LogP contribution in [0.4, 0.5) is 17.6 Å². The van der Waals surface area contributed by atoms with Gasteiger partial charge in [-0.1, -0.05) is 20.8 Å². The molecule has 2 N–H and O–H groups in total. The van der Waals surface area contributed by atoms with E-state index in [2.05, 4.69) is 26.1 Å². The molecule has 0 spiro atoms. The van der Waals surface area contributed by atoms with Crippen LogP contribution in [0.5, 0.6) is 11.5 Å². The first kappa shape index (κ1) is 31.6. The molecule has 3 aromatic rings. The summed E-state index contributed by atoms with van der Waals surface area (Å²) in [5.74, 6) is -0.624. The Bertz CT molecular complexity index is 1520. The maximum absolute atomic E-state index is 13.2. The first-order valence-electron chi connectivity index (χ1n) is 15.9. The van der Waals surface area contributed by atoms with Crippen molar-refractivity contribution in [1.82, 2.24) is 15.1 Å². The molecule has 7 atom stereocenters. The first-order valence-corrected chi connectivity index (χ1v) is 15.9. The van der Waals surface area contributed by atoms with E-state index < -0.39 is 12.1 Å². The third-order valence-corrected chi connectivity index (χ3v) is 11.7. The van der Waals surface area contributed by atoms with Gasteiger partial charge in [0.05, 0.1) is 11.4 Å². The zero-order chi connectivity index (χ0) is 32.1. The highest BCUT2D eigenvalue weighted by molar-refractivity contribution is 5.81. The third kappa shape index (κ3) is 5.86. The Labute approximate surface area is 261 Å². The lowest BCUT2D eigenvalue weighted by molar-refractivity contribution is -0.174. The predicted molar refractivity (Wildman–Crippen MR) is 161 cm³/mol. The molecule has 3 aliphatic rings. The van der Waals surface area contributed by atoms with Gasteiger partial charge < -0.3 is 15.2 Å². The molecule has 3 aliphatic carbocycles. The molecule has 1 aromatic heterocycles. The van der Waals surface area contributed by atoms with Crippen LogP contribution in [0.3, 0.4) is 0 Å². The minimum atomic E-state index is -4.92. The van der Waals surface area contributed by atoms with Crippen molar-refractivity contribution in [3.63, 3.8) is 0 Å². The second kappa shape index (κ2) is 11.8. The molecule has 0 radical (unpaired) electrons. The van der Waals surface area contributed by atoms with Gasteiger partial charge in [-0.2, -0.15) is 18.3 Å². The minimum Gasteiger partial charge on any atom is -0.457 e. The fraction of sp³-hybridized carbons (Fsp3) is 0.543. The molecule has 6 rings (SSSR count). The van der Waals surface area contributed by atoms with E-state index in [1.54, 1.807) is 12.1 Å². The van der Waals surface area contributed by atoms with Crippen molar-refractivity contribution in [2.75, 3.05) is 13.2 Å². The van der Waals surface area contributed by atoms with Gasteiger partial charge in [-0.3, -0.25) is 4.79 Å².